The largest absolute Gasteiger partial charge is 0.493 e. The Labute approximate surface area is 155 Å². The number of carbonyl (C=O) groups excluding carboxylic acids is 1. The lowest BCUT2D eigenvalue weighted by molar-refractivity contribution is 0.102. The van der Waals surface area contributed by atoms with E-state index in [2.05, 4.69) is 15.3 Å². The van der Waals surface area contributed by atoms with E-state index in [1.807, 2.05) is 6.92 Å². The Morgan fingerprint density at radius 2 is 2.19 bits per heavy atom. The number of rotatable bonds is 6. The molecule has 1 fully saturated rings. The van der Waals surface area contributed by atoms with Gasteiger partial charge in [-0.05, 0) is 19.4 Å². The molecule has 1 aliphatic carbocycles. The number of aromatic nitrogens is 3. The van der Waals surface area contributed by atoms with E-state index in [1.165, 1.54) is 7.11 Å². The van der Waals surface area contributed by atoms with Crippen LogP contribution in [0.25, 0.3) is 5.65 Å². The van der Waals surface area contributed by atoms with Crippen LogP contribution in [0, 0.1) is 0 Å². The highest BCUT2D eigenvalue weighted by molar-refractivity contribution is 6.05. The number of halogens is 1. The predicted molar refractivity (Wildman–Crippen MR) is 97.4 cm³/mol. The summed E-state index contributed by atoms with van der Waals surface area (Å²) in [4.78, 5) is 21.4. The summed E-state index contributed by atoms with van der Waals surface area (Å²) < 4.78 is 25.8. The van der Waals surface area contributed by atoms with Crippen molar-refractivity contribution >= 4 is 17.4 Å². The fourth-order valence-corrected chi connectivity index (χ4v) is 2.91. The maximum absolute atomic E-state index is 13.3. The monoisotopic (exact) mass is 370 g/mol. The molecule has 8 heteroatoms. The molecule has 0 aliphatic heterocycles. The van der Waals surface area contributed by atoms with Gasteiger partial charge in [-0.2, -0.15) is 4.98 Å². The molecule has 1 aliphatic rings. The Bertz CT molecular complexity index is 1000. The van der Waals surface area contributed by atoms with Crippen molar-refractivity contribution in [3.63, 3.8) is 0 Å². The molecule has 0 radical (unpaired) electrons. The minimum absolute atomic E-state index is 0.154. The highest BCUT2D eigenvalue weighted by Crippen LogP contribution is 2.43. The number of hydrogen-bond donors (Lipinski definition) is 1. The standard InChI is InChI=1S/C19H19FN4O3/c1-3-27-15-8-17-21-14(11-7-13(11)20)10-24(17)9-12(15)19(25)23-16-5-4-6-18(22-16)26-2/h4-6,8-11,13H,3,7H2,1-2H3,(H,22,23,25)/t11-,13-/m1/s1. The zero-order valence-electron chi connectivity index (χ0n) is 15.0. The Hall–Kier alpha value is -3.16. The Balaban J connectivity index is 1.67. The van der Waals surface area contributed by atoms with Gasteiger partial charge in [0.1, 0.15) is 23.4 Å². The normalized spacial score (nSPS) is 18.3. The van der Waals surface area contributed by atoms with Gasteiger partial charge in [0.05, 0.1) is 25.0 Å². The number of hydrogen-bond acceptors (Lipinski definition) is 5. The Kier molecular flexibility index (Phi) is 4.39. The molecule has 3 heterocycles. The lowest BCUT2D eigenvalue weighted by Gasteiger charge is -2.11. The first-order valence-electron chi connectivity index (χ1n) is 8.71. The summed E-state index contributed by atoms with van der Waals surface area (Å²) in [6.07, 6.45) is 3.07. The number of anilines is 1. The fraction of sp³-hybridized carbons (Fsp3) is 0.316. The van der Waals surface area contributed by atoms with Crippen molar-refractivity contribution in [3.8, 4) is 11.6 Å². The number of ether oxygens (including phenoxy) is 2. The molecule has 0 saturated heterocycles. The maximum atomic E-state index is 13.3. The van der Waals surface area contributed by atoms with E-state index in [-0.39, 0.29) is 11.8 Å². The van der Waals surface area contributed by atoms with Crippen LogP contribution in [0.3, 0.4) is 0 Å². The van der Waals surface area contributed by atoms with Crippen molar-refractivity contribution in [2.75, 3.05) is 19.0 Å². The van der Waals surface area contributed by atoms with Crippen LogP contribution in [0.2, 0.25) is 0 Å². The molecule has 0 spiro atoms. The van der Waals surface area contributed by atoms with Gasteiger partial charge < -0.3 is 19.2 Å². The van der Waals surface area contributed by atoms with Crippen LogP contribution >= 0.6 is 0 Å². The van der Waals surface area contributed by atoms with Crippen molar-refractivity contribution in [1.29, 1.82) is 0 Å². The average Bonchev–Trinajstić information content (AvgIpc) is 3.25. The summed E-state index contributed by atoms with van der Waals surface area (Å²) in [6, 6.07) is 6.79. The van der Waals surface area contributed by atoms with Crippen molar-refractivity contribution in [1.82, 2.24) is 14.4 Å². The van der Waals surface area contributed by atoms with E-state index in [0.717, 1.165) is 0 Å². The molecule has 1 saturated carbocycles. The molecule has 27 heavy (non-hydrogen) atoms. The summed E-state index contributed by atoms with van der Waals surface area (Å²) in [5.74, 6) is 0.657. The topological polar surface area (TPSA) is 77.8 Å². The van der Waals surface area contributed by atoms with Gasteiger partial charge in [0.2, 0.25) is 5.88 Å². The summed E-state index contributed by atoms with van der Waals surface area (Å²) in [5, 5.41) is 2.74. The predicted octanol–water partition coefficient (Wildman–Crippen LogP) is 3.21. The van der Waals surface area contributed by atoms with Crippen molar-refractivity contribution in [2.24, 2.45) is 0 Å². The van der Waals surface area contributed by atoms with Gasteiger partial charge in [-0.3, -0.25) is 4.79 Å². The summed E-state index contributed by atoms with van der Waals surface area (Å²) >= 11 is 0. The lowest BCUT2D eigenvalue weighted by Crippen LogP contribution is -2.15. The molecular weight excluding hydrogens is 351 g/mol. The van der Waals surface area contributed by atoms with Gasteiger partial charge in [0.15, 0.2) is 0 Å². The molecule has 4 rings (SSSR count). The van der Waals surface area contributed by atoms with E-state index in [9.17, 15) is 9.18 Å². The minimum Gasteiger partial charge on any atom is -0.493 e. The van der Waals surface area contributed by atoms with Crippen LogP contribution in [-0.4, -0.2) is 40.2 Å². The van der Waals surface area contributed by atoms with Gasteiger partial charge in [-0.15, -0.1) is 0 Å². The van der Waals surface area contributed by atoms with E-state index >= 15 is 0 Å². The zero-order valence-corrected chi connectivity index (χ0v) is 15.0. The highest BCUT2D eigenvalue weighted by atomic mass is 19.1. The van der Waals surface area contributed by atoms with Crippen molar-refractivity contribution < 1.29 is 18.7 Å². The molecular formula is C19H19FN4O3. The molecule has 0 aromatic carbocycles. The number of carbonyl (C=O) groups is 1. The maximum Gasteiger partial charge on any atom is 0.262 e. The molecule has 1 amide bonds. The van der Waals surface area contributed by atoms with Crippen LogP contribution < -0.4 is 14.8 Å². The third-order valence-corrected chi connectivity index (χ3v) is 4.38. The average molecular weight is 370 g/mol. The molecule has 0 unspecified atom stereocenters. The van der Waals surface area contributed by atoms with Gasteiger partial charge in [-0.1, -0.05) is 6.07 Å². The Morgan fingerprint density at radius 3 is 2.89 bits per heavy atom. The third kappa shape index (κ3) is 3.42. The first kappa shape index (κ1) is 17.3. The molecule has 1 N–H and O–H groups in total. The first-order valence-corrected chi connectivity index (χ1v) is 8.71. The molecule has 7 nitrogen and oxygen atoms in total. The molecule has 3 aromatic heterocycles. The molecule has 2 atom stereocenters. The fourth-order valence-electron chi connectivity index (χ4n) is 2.91. The smallest absolute Gasteiger partial charge is 0.262 e. The second-order valence-electron chi connectivity index (χ2n) is 6.29. The number of methoxy groups -OCH3 is 1. The van der Waals surface area contributed by atoms with Gasteiger partial charge >= 0.3 is 0 Å². The lowest BCUT2D eigenvalue weighted by atomic mass is 10.2. The summed E-state index contributed by atoms with van der Waals surface area (Å²) in [5.41, 5.74) is 1.64. The quantitative estimate of drug-likeness (QED) is 0.721. The van der Waals surface area contributed by atoms with Gasteiger partial charge in [0.25, 0.3) is 5.91 Å². The first-order chi connectivity index (χ1) is 13.1. The van der Waals surface area contributed by atoms with Crippen molar-refractivity contribution in [2.45, 2.75) is 25.4 Å². The van der Waals surface area contributed by atoms with Crippen LogP contribution in [-0.2, 0) is 0 Å². The van der Waals surface area contributed by atoms with E-state index in [0.29, 0.717) is 47.4 Å². The van der Waals surface area contributed by atoms with E-state index in [4.69, 9.17) is 9.47 Å². The molecule has 0 bridgehead atoms. The number of pyridine rings is 2. The second kappa shape index (κ2) is 6.86. The highest BCUT2D eigenvalue weighted by Gasteiger charge is 2.40. The summed E-state index contributed by atoms with van der Waals surface area (Å²) in [7, 11) is 1.51. The van der Waals surface area contributed by atoms with Crippen molar-refractivity contribution in [3.05, 3.63) is 47.9 Å². The van der Waals surface area contributed by atoms with Gasteiger partial charge in [0, 0.05) is 30.4 Å². The summed E-state index contributed by atoms with van der Waals surface area (Å²) in [6.45, 7) is 2.24. The number of amides is 1. The van der Waals surface area contributed by atoms with E-state index in [1.54, 1.807) is 41.1 Å². The van der Waals surface area contributed by atoms with Crippen LogP contribution in [0.5, 0.6) is 11.6 Å². The van der Waals surface area contributed by atoms with Crippen LogP contribution in [0.4, 0.5) is 10.2 Å². The Morgan fingerprint density at radius 1 is 1.37 bits per heavy atom. The third-order valence-electron chi connectivity index (χ3n) is 4.38. The van der Waals surface area contributed by atoms with Gasteiger partial charge in [-0.25, -0.2) is 9.37 Å². The zero-order chi connectivity index (χ0) is 19.0. The number of nitrogens with zero attached hydrogens (tertiary/aromatic N) is 3. The van der Waals surface area contributed by atoms with Crippen LogP contribution in [0.15, 0.2) is 36.7 Å². The number of fused-ring (bicyclic) bond motifs is 1. The van der Waals surface area contributed by atoms with Crippen LogP contribution in [0.1, 0.15) is 35.3 Å². The number of nitrogens with one attached hydrogen (secondary N) is 1. The molecule has 3 aromatic rings. The van der Waals surface area contributed by atoms with E-state index < -0.39 is 6.17 Å². The molecule has 140 valence electrons. The SMILES string of the molecule is CCOc1cc2nc([C@@H]3C[C@H]3F)cn2cc1C(=O)Nc1cccc(OC)n1. The second-order valence-corrected chi connectivity index (χ2v) is 6.29. The number of alkyl halides is 1. The minimum atomic E-state index is -0.830. The number of imidazole rings is 1.